The molecule has 1 aliphatic heterocycles. The number of rotatable bonds is 3. The summed E-state index contributed by atoms with van der Waals surface area (Å²) in [5, 5.41) is 2.65. The predicted molar refractivity (Wildman–Crippen MR) is 138 cm³/mol. The molecule has 0 spiro atoms. The van der Waals surface area contributed by atoms with Crippen LogP contribution in [0.5, 0.6) is 0 Å². The van der Waals surface area contributed by atoms with Gasteiger partial charge in [0.15, 0.2) is 0 Å². The molecule has 1 unspecified atom stereocenters. The zero-order chi connectivity index (χ0) is 22.3. The summed E-state index contributed by atoms with van der Waals surface area (Å²) in [6.07, 6.45) is 3.94. The second-order valence-corrected chi connectivity index (χ2v) is 10.6. The molecule has 4 heteroatoms. The number of anilines is 1. The van der Waals surface area contributed by atoms with Crippen molar-refractivity contribution in [2.24, 2.45) is 0 Å². The third-order valence-corrected chi connectivity index (χ3v) is 9.13. The monoisotopic (exact) mass is 444 g/mol. The van der Waals surface area contributed by atoms with Crippen molar-refractivity contribution in [2.75, 3.05) is 4.67 Å². The zero-order valence-electron chi connectivity index (χ0n) is 17.9. The molecule has 33 heavy (non-hydrogen) atoms. The smallest absolute Gasteiger partial charge is 0.234 e. The molecule has 0 amide bonds. The first kappa shape index (κ1) is 19.7. The van der Waals surface area contributed by atoms with Gasteiger partial charge in [-0.2, -0.15) is 0 Å². The maximum atomic E-state index is 15.5. The van der Waals surface area contributed by atoms with Crippen molar-refractivity contribution in [3.8, 4) is 0 Å². The summed E-state index contributed by atoms with van der Waals surface area (Å²) < 4.78 is 17.5. The third-order valence-electron chi connectivity index (χ3n) is 6.08. The van der Waals surface area contributed by atoms with Crippen molar-refractivity contribution >= 4 is 46.3 Å². The van der Waals surface area contributed by atoms with Crippen LogP contribution >= 0.6 is 7.29 Å². The summed E-state index contributed by atoms with van der Waals surface area (Å²) in [5.74, 6) is 0. The lowest BCUT2D eigenvalue weighted by Crippen LogP contribution is -2.35. The average molecular weight is 444 g/mol. The van der Waals surface area contributed by atoms with Gasteiger partial charge in [-0.15, -0.1) is 0 Å². The SMILES string of the molecule is O=P1(c2ccccc2)c2ccccc2C=C(c2ccccc2)N1c1cccc2cccnc12. The standard InChI is InChI=1S/C29H21N2OP/c32-33(25-16-5-2-6-17-25)28-19-8-7-13-24(28)21-27(22-11-3-1-4-12-22)31(33)26-18-9-14-23-15-10-20-30-29(23)26/h1-21H. The molecular weight excluding hydrogens is 423 g/mol. The van der Waals surface area contributed by atoms with Crippen LogP contribution in [-0.2, 0) is 4.57 Å². The Balaban J connectivity index is 1.75. The topological polar surface area (TPSA) is 33.2 Å². The Bertz CT molecular complexity index is 1540. The highest BCUT2D eigenvalue weighted by atomic mass is 31.2. The first-order valence-electron chi connectivity index (χ1n) is 10.9. The Labute approximate surface area is 193 Å². The molecule has 1 atom stereocenters. The minimum absolute atomic E-state index is 0.798. The number of hydrogen-bond acceptors (Lipinski definition) is 2. The molecule has 0 saturated carbocycles. The van der Waals surface area contributed by atoms with Crippen LogP contribution in [0.2, 0.25) is 0 Å². The fraction of sp³-hybridized carbons (Fsp3) is 0. The number of hydrogen-bond donors (Lipinski definition) is 0. The van der Waals surface area contributed by atoms with E-state index >= 15 is 4.57 Å². The van der Waals surface area contributed by atoms with E-state index in [-0.39, 0.29) is 0 Å². The van der Waals surface area contributed by atoms with Gasteiger partial charge in [-0.1, -0.05) is 84.9 Å². The molecular formula is C29H21N2OP. The summed E-state index contributed by atoms with van der Waals surface area (Å²) in [7, 11) is -3.29. The van der Waals surface area contributed by atoms with Crippen LogP contribution in [0.4, 0.5) is 5.69 Å². The third kappa shape index (κ3) is 3.13. The number of aromatic nitrogens is 1. The summed E-state index contributed by atoms with van der Waals surface area (Å²) in [6.45, 7) is 0. The molecule has 4 aromatic carbocycles. The van der Waals surface area contributed by atoms with E-state index in [9.17, 15) is 0 Å². The number of nitrogens with zero attached hydrogens (tertiary/aromatic N) is 2. The lowest BCUT2D eigenvalue weighted by molar-refractivity contribution is 0.587. The van der Waals surface area contributed by atoms with Crippen molar-refractivity contribution in [3.63, 3.8) is 0 Å². The van der Waals surface area contributed by atoms with E-state index in [0.29, 0.717) is 0 Å². The van der Waals surface area contributed by atoms with E-state index in [1.165, 1.54) is 0 Å². The van der Waals surface area contributed by atoms with Crippen LogP contribution < -0.4 is 15.3 Å². The largest absolute Gasteiger partial charge is 0.289 e. The number of pyridine rings is 1. The Morgan fingerprint density at radius 3 is 2.18 bits per heavy atom. The van der Waals surface area contributed by atoms with Gasteiger partial charge in [0.25, 0.3) is 0 Å². The van der Waals surface area contributed by atoms with Gasteiger partial charge < -0.3 is 0 Å². The van der Waals surface area contributed by atoms with E-state index in [1.54, 1.807) is 6.20 Å². The van der Waals surface area contributed by atoms with E-state index in [2.05, 4.69) is 18.2 Å². The Morgan fingerprint density at radius 1 is 0.667 bits per heavy atom. The molecule has 0 N–H and O–H groups in total. The molecule has 0 saturated heterocycles. The van der Waals surface area contributed by atoms with Gasteiger partial charge in [-0.05, 0) is 47.5 Å². The van der Waals surface area contributed by atoms with Crippen molar-refractivity contribution in [3.05, 3.63) is 133 Å². The van der Waals surface area contributed by atoms with Crippen LogP contribution in [0.25, 0.3) is 22.7 Å². The van der Waals surface area contributed by atoms with Gasteiger partial charge in [-0.3, -0.25) is 14.2 Å². The van der Waals surface area contributed by atoms with Crippen molar-refractivity contribution < 1.29 is 4.57 Å². The molecule has 158 valence electrons. The maximum absolute atomic E-state index is 15.5. The number of fused-ring (bicyclic) bond motifs is 2. The first-order valence-corrected chi connectivity index (χ1v) is 12.6. The van der Waals surface area contributed by atoms with E-state index < -0.39 is 7.29 Å². The van der Waals surface area contributed by atoms with Crippen LogP contribution in [0, 0.1) is 0 Å². The summed E-state index contributed by atoms with van der Waals surface area (Å²) in [6, 6.07) is 38.1. The van der Waals surface area contributed by atoms with Crippen LogP contribution in [0.3, 0.4) is 0 Å². The summed E-state index contributed by atoms with van der Waals surface area (Å²) in [5.41, 5.74) is 4.56. The molecule has 3 nitrogen and oxygen atoms in total. The molecule has 0 fully saturated rings. The van der Waals surface area contributed by atoms with E-state index in [4.69, 9.17) is 4.98 Å². The van der Waals surface area contributed by atoms with Crippen LogP contribution in [-0.4, -0.2) is 4.98 Å². The van der Waals surface area contributed by atoms with E-state index in [1.807, 2.05) is 108 Å². The van der Waals surface area contributed by atoms with Crippen molar-refractivity contribution in [1.29, 1.82) is 0 Å². The van der Waals surface area contributed by atoms with E-state index in [0.717, 1.165) is 44.0 Å². The number of para-hydroxylation sites is 1. The molecule has 6 rings (SSSR count). The minimum atomic E-state index is -3.29. The van der Waals surface area contributed by atoms with Crippen LogP contribution in [0.15, 0.2) is 121 Å². The molecule has 1 aliphatic rings. The van der Waals surface area contributed by atoms with Gasteiger partial charge >= 0.3 is 0 Å². The van der Waals surface area contributed by atoms with Gasteiger partial charge in [-0.25, -0.2) is 0 Å². The highest BCUT2D eigenvalue weighted by Gasteiger charge is 2.42. The second-order valence-electron chi connectivity index (χ2n) is 8.03. The van der Waals surface area contributed by atoms with Crippen molar-refractivity contribution in [1.82, 2.24) is 4.98 Å². The summed E-state index contributed by atoms with van der Waals surface area (Å²) >= 11 is 0. The molecule has 2 heterocycles. The van der Waals surface area contributed by atoms with Crippen molar-refractivity contribution in [2.45, 2.75) is 0 Å². The normalized spacial score (nSPS) is 17.5. The Hall–Kier alpha value is -3.94. The lowest BCUT2D eigenvalue weighted by atomic mass is 10.1. The molecule has 5 aromatic rings. The van der Waals surface area contributed by atoms with Gasteiger partial charge in [0.1, 0.15) is 0 Å². The van der Waals surface area contributed by atoms with Gasteiger partial charge in [0.2, 0.25) is 7.29 Å². The van der Waals surface area contributed by atoms with Gasteiger partial charge in [0, 0.05) is 22.2 Å². The first-order chi connectivity index (χ1) is 16.3. The Kier molecular flexibility index (Phi) is 4.71. The van der Waals surface area contributed by atoms with Gasteiger partial charge in [0.05, 0.1) is 16.9 Å². The molecule has 0 radical (unpaired) electrons. The predicted octanol–water partition coefficient (Wildman–Crippen LogP) is 6.48. The maximum Gasteiger partial charge on any atom is 0.234 e. The zero-order valence-corrected chi connectivity index (χ0v) is 18.8. The highest BCUT2D eigenvalue weighted by molar-refractivity contribution is 7.80. The van der Waals surface area contributed by atoms with Crippen LogP contribution in [0.1, 0.15) is 11.1 Å². The summed E-state index contributed by atoms with van der Waals surface area (Å²) in [4.78, 5) is 4.71. The highest BCUT2D eigenvalue weighted by Crippen LogP contribution is 2.58. The lowest BCUT2D eigenvalue weighted by Gasteiger charge is -2.40. The quantitative estimate of drug-likeness (QED) is 0.299. The molecule has 0 aliphatic carbocycles. The number of benzene rings is 4. The Morgan fingerprint density at radius 2 is 1.36 bits per heavy atom. The molecule has 1 aromatic heterocycles. The molecule has 0 bridgehead atoms. The fourth-order valence-electron chi connectivity index (χ4n) is 4.59. The fourth-order valence-corrected chi connectivity index (χ4v) is 7.61. The second kappa shape index (κ2) is 7.88. The average Bonchev–Trinajstić information content (AvgIpc) is 2.89. The minimum Gasteiger partial charge on any atom is -0.289 e.